The highest BCUT2D eigenvalue weighted by molar-refractivity contribution is 5.75. The fourth-order valence-corrected chi connectivity index (χ4v) is 20.6. The van der Waals surface area contributed by atoms with Crippen LogP contribution in [-0.2, 0) is 106 Å². The van der Waals surface area contributed by atoms with Gasteiger partial charge in [0.1, 0.15) is 18.3 Å². The summed E-state index contributed by atoms with van der Waals surface area (Å²) in [7, 11) is 5.55. The second-order valence-corrected chi connectivity index (χ2v) is 39.8. The number of likely N-dealkylation sites (tertiary alicyclic amines) is 3. The summed E-state index contributed by atoms with van der Waals surface area (Å²) >= 11 is 0. The van der Waals surface area contributed by atoms with Gasteiger partial charge in [0.25, 0.3) is 0 Å². The molecule has 6 aromatic heterocycles. The van der Waals surface area contributed by atoms with Gasteiger partial charge >= 0.3 is 73.2 Å². The van der Waals surface area contributed by atoms with Gasteiger partial charge in [-0.3, -0.25) is 14.4 Å². The second kappa shape index (κ2) is 45.7. The first kappa shape index (κ1) is 112. The van der Waals surface area contributed by atoms with Crippen molar-refractivity contribution in [2.75, 3.05) is 14.7 Å². The first-order valence-electron chi connectivity index (χ1n) is 49.1. The van der Waals surface area contributed by atoms with Crippen molar-refractivity contribution >= 4 is 54.0 Å². The smallest absolute Gasteiger partial charge is 0.416 e. The standard InChI is InChI=1S/C36H43F6N5O4.C34H39F6N5O4.C33H37F6N5O4/c1-6-27-15-29(16-28(7-2)47(27)33(50)51-30-13-24(14-30)34(3,4)31(48)49)46(32-43-17-23(18-44-32)22-8-9-45(5)20-22)19-21-10-25(35(37,38)39)12-26(11-21)36(40,41)42;1-4-26-14-28(15-27(5-2)45(26)32(48)49-29-10-20(11-29)12-30(46)47)44(31-41-16-23(17-42-31)22-6-7-43(3)19-22)18-21-8-24(33(35,36)37)13-25(9-21)34(38,39)40;1-4-25-13-27(14-26(5-2)44(25)31(47)48-28-10-21(11-28)29(45)46)43(30-40-15-22(16-41-30)20-6-7-42(3)18-20)17-19-8-23(32(34,35)36)12-24(9-19)33(37,38)39/h8-12,17-18,20,24,27-30H,6-7,13-16,19H2,1-5H3,(H,48,49);6-9,13,16-17,19-20,26-29H,4-5,10-12,14-15,18H2,1-3H3,(H,46,47);6-9,12,15-16,18,21,25-28H,4-5,10-11,13-14,17H2,1-3H3,(H,45,46)/t24?,27-,28+,29?,30?;20?,26-,27+,28?,29?;21?,25-,26+,27?,28?. The maximum absolute atomic E-state index is 13.8. The highest BCUT2D eigenvalue weighted by Crippen LogP contribution is 2.49. The zero-order valence-electron chi connectivity index (χ0n) is 83.1. The van der Waals surface area contributed by atoms with Gasteiger partial charge in [-0.25, -0.2) is 44.3 Å². The third kappa shape index (κ3) is 27.2. The van der Waals surface area contributed by atoms with E-state index in [1.807, 2.05) is 132 Å². The van der Waals surface area contributed by atoms with Crippen LogP contribution in [0.4, 0.5) is 111 Å². The van der Waals surface area contributed by atoms with Crippen LogP contribution in [0.15, 0.2) is 147 Å². The molecule has 3 aliphatic carbocycles. The van der Waals surface area contributed by atoms with Crippen LogP contribution in [0.3, 0.4) is 0 Å². The van der Waals surface area contributed by atoms with Crippen molar-refractivity contribution in [1.82, 2.24) is 58.3 Å². The molecular weight excluding hydrogens is 1980 g/mol. The zero-order valence-corrected chi connectivity index (χ0v) is 83.1. The van der Waals surface area contributed by atoms with E-state index in [4.69, 9.17) is 19.3 Å². The summed E-state index contributed by atoms with van der Waals surface area (Å²) in [5.41, 5.74) is -5.52. The number of ether oxygens (including phenoxy) is 3. The van der Waals surface area contributed by atoms with E-state index >= 15 is 0 Å². The van der Waals surface area contributed by atoms with Gasteiger partial charge in [0.2, 0.25) is 17.8 Å². The van der Waals surface area contributed by atoms with Crippen molar-refractivity contribution in [3.05, 3.63) is 197 Å². The Kier molecular flexibility index (Phi) is 34.6. The Morgan fingerprint density at radius 2 is 0.581 bits per heavy atom. The van der Waals surface area contributed by atoms with E-state index in [-0.39, 0.29) is 146 Å². The molecule has 27 nitrogen and oxygen atoms in total. The molecule has 15 rings (SSSR count). The van der Waals surface area contributed by atoms with Crippen molar-refractivity contribution in [1.29, 1.82) is 0 Å². The number of benzene rings is 3. The summed E-state index contributed by atoms with van der Waals surface area (Å²) in [6.07, 6.45) is -5.26. The quantitative estimate of drug-likeness (QED) is 0.0290. The lowest BCUT2D eigenvalue weighted by atomic mass is 9.66. The van der Waals surface area contributed by atoms with Crippen LogP contribution < -0.4 is 14.7 Å². The second-order valence-electron chi connectivity index (χ2n) is 39.8. The van der Waals surface area contributed by atoms with Crippen LogP contribution in [0.25, 0.3) is 33.4 Å². The van der Waals surface area contributed by atoms with Gasteiger partial charge in [0, 0.05) is 209 Å². The molecule has 0 radical (unpaired) electrons. The number of piperidine rings is 3. The summed E-state index contributed by atoms with van der Waals surface area (Å²) < 4.78 is 271. The number of aliphatic carboxylic acids is 3. The van der Waals surface area contributed by atoms with E-state index in [1.165, 1.54) is 0 Å². The number of nitrogens with zero attached hydrogens (tertiary/aromatic N) is 15. The number of carbonyl (C=O) groups is 6. The zero-order chi connectivity index (χ0) is 108. The average molecular weight is 2100 g/mol. The summed E-state index contributed by atoms with van der Waals surface area (Å²) in [5, 5.41) is 27.8. The highest BCUT2D eigenvalue weighted by atomic mass is 19.4. The summed E-state index contributed by atoms with van der Waals surface area (Å²) in [6, 6.07) is 6.62. The highest BCUT2D eigenvalue weighted by Gasteiger charge is 2.52. The molecule has 3 N–H and O–H groups in total. The van der Waals surface area contributed by atoms with Gasteiger partial charge in [-0.15, -0.1) is 0 Å². The largest absolute Gasteiger partial charge is 0.481 e. The molecule has 6 fully saturated rings. The number of carbonyl (C=O) groups excluding carboxylic acids is 3. The first-order chi connectivity index (χ1) is 69.4. The maximum atomic E-state index is 13.8. The Balaban J connectivity index is 0.000000185. The molecule has 0 spiro atoms. The van der Waals surface area contributed by atoms with E-state index in [0.717, 1.165) is 41.0 Å². The van der Waals surface area contributed by atoms with Crippen LogP contribution in [0.1, 0.15) is 227 Å². The third-order valence-corrected chi connectivity index (χ3v) is 29.2. The molecule has 3 aliphatic heterocycles. The lowest BCUT2D eigenvalue weighted by Gasteiger charge is -2.49. The minimum absolute atomic E-state index is 0.00912. The molecule has 9 atom stereocenters. The fourth-order valence-electron chi connectivity index (χ4n) is 20.6. The number of aromatic nitrogens is 9. The van der Waals surface area contributed by atoms with E-state index in [1.54, 1.807) is 80.4 Å². The normalized spacial score (nSPS) is 22.8. The SMILES string of the molecule is CC[C@@H]1CC(N(Cc2cc(C(F)(F)F)cc(C(F)(F)F)c2)c2ncc(-c3ccn(C)c3)cn2)C[C@H](CC)N1C(=O)OC1CC(C(=O)O)C1.CC[C@@H]1CC(N(Cc2cc(C(F)(F)F)cc(C(F)(F)F)c2)c2ncc(-c3ccn(C)c3)cn2)C[C@H](CC)N1C(=O)OC1CC(C(C)(C)C(=O)O)C1.CC[C@@H]1CC(N(Cc2cc(C(F)(F)F)cc(C(F)(F)F)c2)c2ncc(-c3ccn(C)c3)cn2)C[C@H](CC)N1C(=O)OC1CC(CC(=O)O)C1. The summed E-state index contributed by atoms with van der Waals surface area (Å²) in [5.74, 6) is -3.13. The Hall–Kier alpha value is -12.9. The maximum Gasteiger partial charge on any atom is 0.416 e. The summed E-state index contributed by atoms with van der Waals surface area (Å²) in [4.78, 5) is 112. The van der Waals surface area contributed by atoms with Gasteiger partial charge in [0.15, 0.2) is 0 Å². The molecule has 3 saturated heterocycles. The number of carboxylic acid groups (broad SMARTS) is 3. The van der Waals surface area contributed by atoms with Crippen molar-refractivity contribution in [2.45, 2.75) is 307 Å². The van der Waals surface area contributed by atoms with Crippen LogP contribution in [0, 0.1) is 23.2 Å². The number of rotatable bonds is 29. The minimum Gasteiger partial charge on any atom is -0.481 e. The Morgan fingerprint density at radius 1 is 0.345 bits per heavy atom. The van der Waals surface area contributed by atoms with Crippen molar-refractivity contribution in [3.8, 4) is 33.4 Å². The molecule has 9 heterocycles. The predicted octanol–water partition coefficient (Wildman–Crippen LogP) is 24.1. The molecule has 45 heteroatoms. The monoisotopic (exact) mass is 2100 g/mol. The molecule has 9 aromatic rings. The molecule has 3 aromatic carbocycles. The van der Waals surface area contributed by atoms with E-state index < -0.39 is 148 Å². The number of carboxylic acids is 3. The van der Waals surface area contributed by atoms with Gasteiger partial charge in [-0.05, 0) is 231 Å². The van der Waals surface area contributed by atoms with Crippen molar-refractivity contribution < 1.29 is 137 Å². The first-order valence-corrected chi connectivity index (χ1v) is 49.1. The van der Waals surface area contributed by atoms with Gasteiger partial charge in [-0.1, -0.05) is 41.5 Å². The number of anilines is 3. The van der Waals surface area contributed by atoms with Crippen molar-refractivity contribution in [3.63, 3.8) is 0 Å². The molecule has 6 aliphatic rings. The van der Waals surface area contributed by atoms with E-state index in [9.17, 15) is 118 Å². The van der Waals surface area contributed by atoms with Crippen LogP contribution in [0.5, 0.6) is 0 Å². The van der Waals surface area contributed by atoms with Gasteiger partial charge < -0.3 is 72.6 Å². The van der Waals surface area contributed by atoms with E-state index in [2.05, 4.69) is 29.9 Å². The van der Waals surface area contributed by atoms with Crippen LogP contribution in [0.2, 0.25) is 0 Å². The Bertz CT molecular complexity index is 5940. The topological polar surface area (TPSA) is 302 Å². The molecule has 3 saturated carbocycles. The predicted molar refractivity (Wildman–Crippen MR) is 507 cm³/mol. The Morgan fingerprint density at radius 3 is 0.784 bits per heavy atom. The number of hydrogen-bond donors (Lipinski definition) is 3. The molecule has 148 heavy (non-hydrogen) atoms. The Labute approximate surface area is 842 Å². The lowest BCUT2D eigenvalue weighted by molar-refractivity contribution is -0.156. The number of aryl methyl sites for hydroxylation is 3. The van der Waals surface area contributed by atoms with E-state index in [0.29, 0.717) is 132 Å². The van der Waals surface area contributed by atoms with Gasteiger partial charge in [-0.2, -0.15) is 79.0 Å². The molecular formula is C103H119F18N15O12. The number of hydrogen-bond acceptors (Lipinski definition) is 18. The average Bonchev–Trinajstić information content (AvgIpc) is 1.32. The molecule has 804 valence electrons. The molecule has 3 unspecified atom stereocenters. The third-order valence-electron chi connectivity index (χ3n) is 29.2. The molecule has 3 amide bonds. The van der Waals surface area contributed by atoms with Crippen LogP contribution in [-0.4, -0.2) is 183 Å². The van der Waals surface area contributed by atoms with Crippen LogP contribution >= 0.6 is 0 Å². The fraction of sp³-hybridized carbons (Fsp3) is 0.534. The number of alkyl halides is 18. The van der Waals surface area contributed by atoms with Crippen molar-refractivity contribution in [2.24, 2.45) is 44.3 Å². The number of halogens is 18. The van der Waals surface area contributed by atoms with Gasteiger partial charge in [0.05, 0.1) is 44.7 Å². The lowest BCUT2D eigenvalue weighted by Crippen LogP contribution is -2.58. The summed E-state index contributed by atoms with van der Waals surface area (Å²) in [6.45, 7) is 13.6. The number of amides is 3. The molecule has 0 bridgehead atoms. The minimum atomic E-state index is -5.01.